The van der Waals surface area contributed by atoms with Gasteiger partial charge in [-0.2, -0.15) is 0 Å². The number of nitrogens with one attached hydrogen (secondary N) is 1. The summed E-state index contributed by atoms with van der Waals surface area (Å²) in [4.78, 5) is 4.44. The average Bonchev–Trinajstić information content (AvgIpc) is 2.51. The highest BCUT2D eigenvalue weighted by Gasteiger charge is 2.28. The fourth-order valence-corrected chi connectivity index (χ4v) is 3.30. The standard InChI is InChI=1S/C18H21FN2O/c1-11-7-8-12(2)17-16(11)15(10-20-18(17)22-3)21-14-6-4-5-13(19)9-14/h4-6,9-12,21H,7-8H2,1-3H3. The van der Waals surface area contributed by atoms with E-state index in [4.69, 9.17) is 4.74 Å². The molecule has 2 atom stereocenters. The topological polar surface area (TPSA) is 34.1 Å². The number of pyridine rings is 1. The highest BCUT2D eigenvalue weighted by atomic mass is 19.1. The summed E-state index contributed by atoms with van der Waals surface area (Å²) in [6.07, 6.45) is 4.06. The van der Waals surface area contributed by atoms with Crippen LogP contribution in [-0.2, 0) is 0 Å². The molecule has 3 nitrogen and oxygen atoms in total. The lowest BCUT2D eigenvalue weighted by Gasteiger charge is -2.30. The van der Waals surface area contributed by atoms with Gasteiger partial charge in [-0.05, 0) is 48.4 Å². The number of nitrogens with zero attached hydrogens (tertiary/aromatic N) is 1. The molecule has 1 aromatic carbocycles. The van der Waals surface area contributed by atoms with Crippen molar-refractivity contribution in [3.05, 3.63) is 47.4 Å². The van der Waals surface area contributed by atoms with E-state index in [2.05, 4.69) is 24.1 Å². The Balaban J connectivity index is 2.07. The molecule has 3 rings (SSSR count). The second-order valence-electron chi connectivity index (χ2n) is 6.02. The summed E-state index contributed by atoms with van der Waals surface area (Å²) in [6.45, 7) is 4.43. The van der Waals surface area contributed by atoms with E-state index < -0.39 is 0 Å². The van der Waals surface area contributed by atoms with E-state index in [-0.39, 0.29) is 5.82 Å². The number of benzene rings is 1. The normalized spacial score (nSPS) is 20.4. The zero-order valence-electron chi connectivity index (χ0n) is 13.2. The number of aromatic nitrogens is 1. The molecule has 0 saturated carbocycles. The zero-order valence-corrected chi connectivity index (χ0v) is 13.2. The third-order valence-electron chi connectivity index (χ3n) is 4.44. The minimum atomic E-state index is -0.248. The summed E-state index contributed by atoms with van der Waals surface area (Å²) in [5.74, 6) is 1.31. The Bertz CT molecular complexity index is 687. The van der Waals surface area contributed by atoms with Crippen LogP contribution in [0.2, 0.25) is 0 Å². The monoisotopic (exact) mass is 300 g/mol. The molecule has 0 aliphatic heterocycles. The smallest absolute Gasteiger partial charge is 0.216 e. The van der Waals surface area contributed by atoms with Gasteiger partial charge in [-0.1, -0.05) is 19.9 Å². The molecular weight excluding hydrogens is 279 g/mol. The fourth-order valence-electron chi connectivity index (χ4n) is 3.30. The van der Waals surface area contributed by atoms with Crippen LogP contribution in [0, 0.1) is 5.82 Å². The third-order valence-corrected chi connectivity index (χ3v) is 4.44. The second kappa shape index (κ2) is 5.95. The molecule has 116 valence electrons. The van der Waals surface area contributed by atoms with Crippen LogP contribution in [0.1, 0.15) is 49.7 Å². The molecule has 0 bridgehead atoms. The van der Waals surface area contributed by atoms with Crippen molar-refractivity contribution >= 4 is 11.4 Å². The third kappa shape index (κ3) is 2.65. The van der Waals surface area contributed by atoms with E-state index in [9.17, 15) is 4.39 Å². The number of rotatable bonds is 3. The van der Waals surface area contributed by atoms with Gasteiger partial charge in [-0.25, -0.2) is 9.37 Å². The number of ether oxygens (including phenoxy) is 1. The van der Waals surface area contributed by atoms with Crippen molar-refractivity contribution in [3.63, 3.8) is 0 Å². The Morgan fingerprint density at radius 3 is 2.59 bits per heavy atom. The molecule has 0 amide bonds. The Labute approximate surface area is 130 Å². The largest absolute Gasteiger partial charge is 0.481 e. The number of hydrogen-bond acceptors (Lipinski definition) is 3. The van der Waals surface area contributed by atoms with Gasteiger partial charge in [0, 0.05) is 11.3 Å². The number of halogens is 1. The summed E-state index contributed by atoms with van der Waals surface area (Å²) < 4.78 is 18.8. The molecule has 0 saturated heterocycles. The molecule has 2 aromatic rings. The van der Waals surface area contributed by atoms with Crippen molar-refractivity contribution in [1.82, 2.24) is 4.98 Å². The van der Waals surface area contributed by atoms with Crippen LogP contribution in [-0.4, -0.2) is 12.1 Å². The molecule has 2 unspecified atom stereocenters. The summed E-state index contributed by atoms with van der Waals surface area (Å²) in [5, 5.41) is 3.32. The summed E-state index contributed by atoms with van der Waals surface area (Å²) >= 11 is 0. The van der Waals surface area contributed by atoms with Crippen molar-refractivity contribution in [1.29, 1.82) is 0 Å². The molecule has 0 spiro atoms. The number of methoxy groups -OCH3 is 1. The summed E-state index contributed by atoms with van der Waals surface area (Å²) in [6, 6.07) is 6.49. The first-order valence-electron chi connectivity index (χ1n) is 7.69. The molecule has 1 aliphatic rings. The van der Waals surface area contributed by atoms with Crippen LogP contribution >= 0.6 is 0 Å². The predicted octanol–water partition coefficient (Wildman–Crippen LogP) is 4.97. The molecular formula is C18H21FN2O. The van der Waals surface area contributed by atoms with Gasteiger partial charge in [-0.3, -0.25) is 0 Å². The molecule has 1 heterocycles. The number of anilines is 2. The van der Waals surface area contributed by atoms with E-state index in [1.807, 2.05) is 6.07 Å². The van der Waals surface area contributed by atoms with Gasteiger partial charge >= 0.3 is 0 Å². The molecule has 1 aromatic heterocycles. The highest BCUT2D eigenvalue weighted by Crippen LogP contribution is 2.45. The van der Waals surface area contributed by atoms with Crippen molar-refractivity contribution in [2.45, 2.75) is 38.5 Å². The van der Waals surface area contributed by atoms with Gasteiger partial charge in [0.05, 0.1) is 19.0 Å². The van der Waals surface area contributed by atoms with Crippen molar-refractivity contribution < 1.29 is 9.13 Å². The van der Waals surface area contributed by atoms with E-state index >= 15 is 0 Å². The van der Waals surface area contributed by atoms with Crippen LogP contribution in [0.5, 0.6) is 5.88 Å². The maximum atomic E-state index is 13.4. The maximum absolute atomic E-state index is 13.4. The number of fused-ring (bicyclic) bond motifs is 1. The lowest BCUT2D eigenvalue weighted by atomic mass is 9.78. The molecule has 22 heavy (non-hydrogen) atoms. The van der Waals surface area contributed by atoms with Crippen molar-refractivity contribution in [3.8, 4) is 5.88 Å². The fraction of sp³-hybridized carbons (Fsp3) is 0.389. The molecule has 0 fully saturated rings. The van der Waals surface area contributed by atoms with E-state index in [1.165, 1.54) is 23.3 Å². The first kappa shape index (κ1) is 14.8. The van der Waals surface area contributed by atoms with E-state index in [1.54, 1.807) is 19.4 Å². The molecule has 4 heteroatoms. The van der Waals surface area contributed by atoms with Gasteiger partial charge in [0.25, 0.3) is 0 Å². The summed E-state index contributed by atoms with van der Waals surface area (Å²) in [7, 11) is 1.66. The average molecular weight is 300 g/mol. The first-order valence-corrected chi connectivity index (χ1v) is 7.69. The van der Waals surface area contributed by atoms with Gasteiger partial charge < -0.3 is 10.1 Å². The van der Waals surface area contributed by atoms with E-state index in [0.717, 1.165) is 24.2 Å². The quantitative estimate of drug-likeness (QED) is 0.868. The molecule has 0 radical (unpaired) electrons. The van der Waals surface area contributed by atoms with E-state index in [0.29, 0.717) is 17.7 Å². The minimum absolute atomic E-state index is 0.248. The Morgan fingerprint density at radius 2 is 1.91 bits per heavy atom. The minimum Gasteiger partial charge on any atom is -0.481 e. The Hall–Kier alpha value is -2.10. The first-order chi connectivity index (χ1) is 10.6. The second-order valence-corrected chi connectivity index (χ2v) is 6.02. The zero-order chi connectivity index (χ0) is 15.7. The van der Waals surface area contributed by atoms with Gasteiger partial charge in [0.1, 0.15) is 5.82 Å². The predicted molar refractivity (Wildman–Crippen MR) is 86.5 cm³/mol. The van der Waals surface area contributed by atoms with Crippen LogP contribution < -0.4 is 10.1 Å². The van der Waals surface area contributed by atoms with Crippen molar-refractivity contribution in [2.75, 3.05) is 12.4 Å². The van der Waals surface area contributed by atoms with Crippen LogP contribution in [0.4, 0.5) is 15.8 Å². The van der Waals surface area contributed by atoms with Gasteiger partial charge in [0.15, 0.2) is 0 Å². The summed E-state index contributed by atoms with van der Waals surface area (Å²) in [5.41, 5.74) is 4.11. The Morgan fingerprint density at radius 1 is 1.18 bits per heavy atom. The van der Waals surface area contributed by atoms with Gasteiger partial charge in [-0.15, -0.1) is 0 Å². The van der Waals surface area contributed by atoms with Crippen LogP contribution in [0.15, 0.2) is 30.5 Å². The lowest BCUT2D eigenvalue weighted by Crippen LogP contribution is -2.15. The highest BCUT2D eigenvalue weighted by molar-refractivity contribution is 5.67. The maximum Gasteiger partial charge on any atom is 0.216 e. The van der Waals surface area contributed by atoms with Gasteiger partial charge in [0.2, 0.25) is 5.88 Å². The van der Waals surface area contributed by atoms with Crippen LogP contribution in [0.25, 0.3) is 0 Å². The SMILES string of the molecule is COc1ncc(Nc2cccc(F)c2)c2c1C(C)CCC2C. The molecule has 1 N–H and O–H groups in total. The Kier molecular flexibility index (Phi) is 4.01. The lowest BCUT2D eigenvalue weighted by molar-refractivity contribution is 0.380. The molecule has 1 aliphatic carbocycles. The van der Waals surface area contributed by atoms with Crippen LogP contribution in [0.3, 0.4) is 0 Å². The number of hydrogen-bond donors (Lipinski definition) is 1. The van der Waals surface area contributed by atoms with Crippen molar-refractivity contribution in [2.24, 2.45) is 0 Å².